The van der Waals surface area contributed by atoms with Crippen molar-refractivity contribution in [3.05, 3.63) is 0 Å². The molecule has 17 heavy (non-hydrogen) atoms. The van der Waals surface area contributed by atoms with Crippen molar-refractivity contribution in [3.63, 3.8) is 0 Å². The van der Waals surface area contributed by atoms with E-state index < -0.39 is 16.3 Å². The molecule has 1 aliphatic heterocycles. The molecule has 2 fully saturated rings. The Balaban J connectivity index is 1.81. The number of hydrogen-bond acceptors (Lipinski definition) is 5. The Morgan fingerprint density at radius 3 is 2.47 bits per heavy atom. The topological polar surface area (TPSA) is 96.5 Å². The van der Waals surface area contributed by atoms with E-state index in [0.29, 0.717) is 11.8 Å². The lowest BCUT2D eigenvalue weighted by Crippen LogP contribution is -2.44. The Morgan fingerprint density at radius 1 is 1.35 bits per heavy atom. The van der Waals surface area contributed by atoms with Crippen molar-refractivity contribution in [2.45, 2.75) is 26.0 Å². The molecule has 1 saturated carbocycles. The molecular weight excluding hydrogens is 246 g/mol. The van der Waals surface area contributed by atoms with Gasteiger partial charge in [-0.1, -0.05) is 0 Å². The Kier molecular flexibility index (Phi) is 3.28. The van der Waals surface area contributed by atoms with Crippen LogP contribution in [-0.4, -0.2) is 39.7 Å². The van der Waals surface area contributed by atoms with Crippen LogP contribution < -0.4 is 14.8 Å². The van der Waals surface area contributed by atoms with Crippen molar-refractivity contribution in [1.82, 2.24) is 14.8 Å². The molecule has 1 heterocycles. The maximum atomic E-state index is 11.6. The minimum atomic E-state index is -3.81. The predicted molar refractivity (Wildman–Crippen MR) is 60.4 cm³/mol. The lowest BCUT2D eigenvalue weighted by atomic mass is 10.4. The van der Waals surface area contributed by atoms with Crippen LogP contribution in [-0.2, 0) is 14.9 Å². The summed E-state index contributed by atoms with van der Waals surface area (Å²) in [6, 6.07) is -0.0550. The highest BCUT2D eigenvalue weighted by Gasteiger charge is 2.54. The van der Waals surface area contributed by atoms with Crippen LogP contribution in [0.4, 0.5) is 4.79 Å². The highest BCUT2D eigenvalue weighted by Crippen LogP contribution is 2.41. The molecule has 0 bridgehead atoms. The zero-order valence-electron chi connectivity index (χ0n) is 9.76. The van der Waals surface area contributed by atoms with Crippen molar-refractivity contribution < 1.29 is 17.9 Å². The van der Waals surface area contributed by atoms with Gasteiger partial charge in [-0.05, 0) is 38.8 Å². The summed E-state index contributed by atoms with van der Waals surface area (Å²) in [5, 5.41) is 3.16. The van der Waals surface area contributed by atoms with Crippen LogP contribution in [0, 0.1) is 11.8 Å². The van der Waals surface area contributed by atoms with Gasteiger partial charge >= 0.3 is 16.3 Å². The number of fused-ring (bicyclic) bond motifs is 1. The molecule has 1 aliphatic carbocycles. The van der Waals surface area contributed by atoms with Gasteiger partial charge in [0.25, 0.3) is 0 Å². The van der Waals surface area contributed by atoms with E-state index >= 15 is 0 Å². The minimum absolute atomic E-state index is 0.0550. The molecule has 3 N–H and O–H groups in total. The van der Waals surface area contributed by atoms with Gasteiger partial charge in [0.15, 0.2) is 0 Å². The monoisotopic (exact) mass is 263 g/mol. The van der Waals surface area contributed by atoms with E-state index in [2.05, 4.69) is 10.0 Å². The third-order valence-electron chi connectivity index (χ3n) is 2.94. The molecule has 1 amide bonds. The molecule has 98 valence electrons. The largest absolute Gasteiger partial charge is 0.446 e. The number of piperidine rings is 1. The molecule has 0 radical (unpaired) electrons. The normalized spacial score (nSPS) is 31.1. The second-order valence-electron chi connectivity index (χ2n) is 4.69. The average molecular weight is 263 g/mol. The molecule has 2 atom stereocenters. The quantitative estimate of drug-likeness (QED) is 0.615. The number of ether oxygens (including phenoxy) is 1. The van der Waals surface area contributed by atoms with Crippen LogP contribution in [0.15, 0.2) is 0 Å². The molecule has 2 rings (SSSR count). The lowest BCUT2D eigenvalue weighted by molar-refractivity contribution is 0.121. The van der Waals surface area contributed by atoms with Gasteiger partial charge in [-0.15, -0.1) is 0 Å². The first-order valence-electron chi connectivity index (χ1n) is 5.60. The molecule has 2 aliphatic rings. The summed E-state index contributed by atoms with van der Waals surface area (Å²) in [6.07, 6.45) is -1.30. The van der Waals surface area contributed by atoms with Crippen LogP contribution in [0.5, 0.6) is 0 Å². The van der Waals surface area contributed by atoms with E-state index in [1.165, 1.54) is 0 Å². The number of carbonyl (C=O) groups is 1. The van der Waals surface area contributed by atoms with Crippen molar-refractivity contribution in [2.75, 3.05) is 13.1 Å². The van der Waals surface area contributed by atoms with Crippen LogP contribution in [0.3, 0.4) is 0 Å². The minimum Gasteiger partial charge on any atom is -0.446 e. The average Bonchev–Trinajstić information content (AvgIpc) is 2.59. The molecule has 8 heteroatoms. The second kappa shape index (κ2) is 4.43. The first-order valence-corrected chi connectivity index (χ1v) is 7.09. The van der Waals surface area contributed by atoms with Gasteiger partial charge in [-0.3, -0.25) is 0 Å². The van der Waals surface area contributed by atoms with E-state index in [4.69, 9.17) is 4.74 Å². The summed E-state index contributed by atoms with van der Waals surface area (Å²) < 4.78 is 32.1. The molecule has 1 saturated heterocycles. The second-order valence-corrected chi connectivity index (χ2v) is 6.14. The number of nitrogens with one attached hydrogen (secondary N) is 3. The highest BCUT2D eigenvalue weighted by molar-refractivity contribution is 7.88. The van der Waals surface area contributed by atoms with Gasteiger partial charge in [-0.25, -0.2) is 9.52 Å². The van der Waals surface area contributed by atoms with Gasteiger partial charge in [0.2, 0.25) is 0 Å². The fourth-order valence-corrected chi connectivity index (χ4v) is 3.18. The van der Waals surface area contributed by atoms with Gasteiger partial charge < -0.3 is 10.1 Å². The highest BCUT2D eigenvalue weighted by atomic mass is 32.2. The summed E-state index contributed by atoms with van der Waals surface area (Å²) in [5.74, 6) is 0.709. The maximum absolute atomic E-state index is 11.6. The van der Waals surface area contributed by atoms with Crippen LogP contribution in [0.25, 0.3) is 0 Å². The smallest absolute Gasteiger partial charge is 0.422 e. The van der Waals surface area contributed by atoms with Crippen LogP contribution >= 0.6 is 0 Å². The van der Waals surface area contributed by atoms with Crippen molar-refractivity contribution in [2.24, 2.45) is 11.8 Å². The van der Waals surface area contributed by atoms with Gasteiger partial charge in [0.05, 0.1) is 6.10 Å². The summed E-state index contributed by atoms with van der Waals surface area (Å²) in [7, 11) is -3.81. The van der Waals surface area contributed by atoms with Crippen molar-refractivity contribution >= 4 is 16.3 Å². The Hall–Kier alpha value is -0.860. The first kappa shape index (κ1) is 12.6. The number of amides is 1. The summed E-state index contributed by atoms with van der Waals surface area (Å²) in [5.41, 5.74) is 0. The van der Waals surface area contributed by atoms with E-state index in [9.17, 15) is 13.2 Å². The zero-order valence-corrected chi connectivity index (χ0v) is 10.6. The molecule has 0 aromatic heterocycles. The SMILES string of the molecule is CC(C)OC(=O)NS(=O)(=O)NC1C2CNCC21. The fraction of sp³-hybridized carbons (Fsp3) is 0.889. The molecule has 7 nitrogen and oxygen atoms in total. The van der Waals surface area contributed by atoms with Gasteiger partial charge in [-0.2, -0.15) is 13.1 Å². The fourth-order valence-electron chi connectivity index (χ4n) is 2.15. The molecule has 0 aromatic carbocycles. The maximum Gasteiger partial charge on any atom is 0.422 e. The summed E-state index contributed by atoms with van der Waals surface area (Å²) in [4.78, 5) is 11.2. The zero-order chi connectivity index (χ0) is 12.6. The number of hydrogen-bond donors (Lipinski definition) is 3. The van der Waals surface area contributed by atoms with E-state index in [0.717, 1.165) is 13.1 Å². The molecule has 2 unspecified atom stereocenters. The lowest BCUT2D eigenvalue weighted by Gasteiger charge is -2.11. The van der Waals surface area contributed by atoms with Gasteiger partial charge in [0.1, 0.15) is 0 Å². The molecule has 0 spiro atoms. The molecule has 0 aromatic rings. The first-order chi connectivity index (χ1) is 7.89. The number of rotatable bonds is 4. The van der Waals surface area contributed by atoms with E-state index in [1.54, 1.807) is 13.8 Å². The van der Waals surface area contributed by atoms with Crippen LogP contribution in [0.2, 0.25) is 0 Å². The Bertz CT molecular complexity index is 398. The Morgan fingerprint density at radius 2 is 1.94 bits per heavy atom. The van der Waals surface area contributed by atoms with Crippen molar-refractivity contribution in [1.29, 1.82) is 0 Å². The number of carbonyl (C=O) groups excluding carboxylic acids is 1. The van der Waals surface area contributed by atoms with Crippen LogP contribution in [0.1, 0.15) is 13.8 Å². The Labute approximate surface area is 100 Å². The molecular formula is C9H17N3O4S. The third-order valence-corrected chi connectivity index (χ3v) is 3.96. The third kappa shape index (κ3) is 3.08. The van der Waals surface area contributed by atoms with Gasteiger partial charge in [0, 0.05) is 6.04 Å². The van der Waals surface area contributed by atoms with Crippen molar-refractivity contribution in [3.8, 4) is 0 Å². The van der Waals surface area contributed by atoms with E-state index in [1.807, 2.05) is 4.72 Å². The van der Waals surface area contributed by atoms with E-state index in [-0.39, 0.29) is 12.1 Å². The summed E-state index contributed by atoms with van der Waals surface area (Å²) in [6.45, 7) is 4.95. The standard InChI is InChI=1S/C9H17N3O4S/c1-5(2)16-9(13)12-17(14,15)11-8-6-3-10-4-7(6)8/h5-8,10-11H,3-4H2,1-2H3,(H,12,13). The summed E-state index contributed by atoms with van der Waals surface area (Å²) >= 11 is 0. The predicted octanol–water partition coefficient (Wildman–Crippen LogP) is -0.827.